The number of carboxylic acid groups (broad SMARTS) is 1. The van der Waals surface area contributed by atoms with Crippen LogP contribution in [0.25, 0.3) is 0 Å². The van der Waals surface area contributed by atoms with Gasteiger partial charge in [0.25, 0.3) is 0 Å². The fourth-order valence-corrected chi connectivity index (χ4v) is 2.88. The summed E-state index contributed by atoms with van der Waals surface area (Å²) < 4.78 is 19.4. The van der Waals surface area contributed by atoms with Gasteiger partial charge in [-0.25, -0.2) is 9.18 Å². The van der Waals surface area contributed by atoms with E-state index in [1.165, 1.54) is 17.0 Å². The molecule has 23 heavy (non-hydrogen) atoms. The third-order valence-electron chi connectivity index (χ3n) is 4.20. The lowest BCUT2D eigenvalue weighted by atomic mass is 9.84. The van der Waals surface area contributed by atoms with E-state index in [2.05, 4.69) is 0 Å². The summed E-state index contributed by atoms with van der Waals surface area (Å²) in [6.45, 7) is 6.29. The summed E-state index contributed by atoms with van der Waals surface area (Å²) in [5, 5.41) is 9.49. The van der Waals surface area contributed by atoms with E-state index in [9.17, 15) is 14.3 Å². The van der Waals surface area contributed by atoms with E-state index in [-0.39, 0.29) is 29.6 Å². The van der Waals surface area contributed by atoms with Crippen molar-refractivity contribution in [2.45, 2.75) is 39.0 Å². The monoisotopic (exact) mass is 344 g/mol. The van der Waals surface area contributed by atoms with Crippen LogP contribution in [0.5, 0.6) is 0 Å². The van der Waals surface area contributed by atoms with Crippen molar-refractivity contribution < 1.29 is 19.0 Å². The molecule has 1 aliphatic rings. The molecule has 3 atom stereocenters. The Balaban J connectivity index is 2.18. The third-order valence-corrected chi connectivity index (χ3v) is 4.50. The first-order chi connectivity index (χ1) is 10.6. The molecule has 3 N–H and O–H groups in total. The number of rotatable bonds is 2. The van der Waals surface area contributed by atoms with Gasteiger partial charge in [0.05, 0.1) is 36.4 Å². The molecule has 5 nitrogen and oxygen atoms in total. The zero-order valence-corrected chi connectivity index (χ0v) is 14.2. The molecule has 0 saturated carbocycles. The molecule has 0 radical (unpaired) electrons. The van der Waals surface area contributed by atoms with Gasteiger partial charge in [0.2, 0.25) is 0 Å². The van der Waals surface area contributed by atoms with Crippen LogP contribution in [-0.2, 0) is 4.74 Å². The highest BCUT2D eigenvalue weighted by molar-refractivity contribution is 6.30. The van der Waals surface area contributed by atoms with Gasteiger partial charge in [0.15, 0.2) is 0 Å². The maximum absolute atomic E-state index is 13.6. The van der Waals surface area contributed by atoms with Crippen molar-refractivity contribution in [1.82, 2.24) is 4.90 Å². The number of nitrogens with two attached hydrogens (primary N) is 1. The summed E-state index contributed by atoms with van der Waals surface area (Å²) in [6.07, 6.45) is -1.54. The van der Waals surface area contributed by atoms with Gasteiger partial charge in [-0.2, -0.15) is 0 Å². The molecule has 7 heteroatoms. The number of hydrogen-bond donors (Lipinski definition) is 2. The second-order valence-electron chi connectivity index (χ2n) is 6.89. The molecule has 128 valence electrons. The van der Waals surface area contributed by atoms with Crippen molar-refractivity contribution in [3.63, 3.8) is 0 Å². The number of carbonyl (C=O) groups is 1. The van der Waals surface area contributed by atoms with Crippen molar-refractivity contribution in [2.75, 3.05) is 13.2 Å². The van der Waals surface area contributed by atoms with Crippen LogP contribution in [0.3, 0.4) is 0 Å². The Bertz CT molecular complexity index is 591. The zero-order valence-electron chi connectivity index (χ0n) is 13.4. The van der Waals surface area contributed by atoms with Crippen LogP contribution in [0.2, 0.25) is 5.02 Å². The van der Waals surface area contributed by atoms with Gasteiger partial charge >= 0.3 is 6.09 Å². The van der Waals surface area contributed by atoms with E-state index >= 15 is 0 Å². The van der Waals surface area contributed by atoms with Gasteiger partial charge in [-0.1, -0.05) is 38.4 Å². The number of nitrogens with zero attached hydrogens (tertiary/aromatic N) is 1. The molecule has 1 aliphatic heterocycles. The molecular weight excluding hydrogens is 323 g/mol. The smallest absolute Gasteiger partial charge is 0.407 e. The SMILES string of the molecule is CC(C)(C)C1COC(C(N)c2ccc(Cl)c(F)c2)CN1C(=O)O. The fourth-order valence-electron chi connectivity index (χ4n) is 2.76. The van der Waals surface area contributed by atoms with Crippen molar-refractivity contribution in [3.05, 3.63) is 34.6 Å². The normalized spacial score (nSPS) is 23.7. The van der Waals surface area contributed by atoms with Gasteiger partial charge in [-0.05, 0) is 23.1 Å². The van der Waals surface area contributed by atoms with Crippen molar-refractivity contribution >= 4 is 17.7 Å². The molecule has 0 aromatic heterocycles. The van der Waals surface area contributed by atoms with Crippen LogP contribution in [0, 0.1) is 11.2 Å². The third kappa shape index (κ3) is 3.94. The summed E-state index contributed by atoms with van der Waals surface area (Å²) in [7, 11) is 0. The molecule has 0 spiro atoms. The van der Waals surface area contributed by atoms with Crippen LogP contribution in [0.1, 0.15) is 32.4 Å². The Kier molecular flexibility index (Phi) is 5.18. The Hall–Kier alpha value is -1.37. The Labute approximate surface area is 140 Å². The second kappa shape index (κ2) is 6.63. The Morgan fingerprint density at radius 3 is 2.70 bits per heavy atom. The number of amides is 1. The lowest BCUT2D eigenvalue weighted by molar-refractivity contribution is -0.0902. The highest BCUT2D eigenvalue weighted by Gasteiger charge is 2.40. The van der Waals surface area contributed by atoms with Crippen molar-refractivity contribution in [3.8, 4) is 0 Å². The van der Waals surface area contributed by atoms with Crippen LogP contribution >= 0.6 is 11.6 Å². The van der Waals surface area contributed by atoms with E-state index in [0.717, 1.165) is 0 Å². The van der Waals surface area contributed by atoms with E-state index in [4.69, 9.17) is 22.1 Å². The fraction of sp³-hybridized carbons (Fsp3) is 0.562. The first kappa shape index (κ1) is 18.0. The maximum Gasteiger partial charge on any atom is 0.407 e. The van der Waals surface area contributed by atoms with Crippen LogP contribution in [0.4, 0.5) is 9.18 Å². The maximum atomic E-state index is 13.6. The predicted octanol–water partition coefficient (Wildman–Crippen LogP) is 3.27. The average molecular weight is 345 g/mol. The van der Waals surface area contributed by atoms with Gasteiger partial charge in [-0.3, -0.25) is 4.90 Å². The summed E-state index contributed by atoms with van der Waals surface area (Å²) in [5.74, 6) is -0.557. The molecule has 3 unspecified atom stereocenters. The predicted molar refractivity (Wildman–Crippen MR) is 86.1 cm³/mol. The number of morpholine rings is 1. The van der Waals surface area contributed by atoms with Crippen molar-refractivity contribution in [2.24, 2.45) is 11.1 Å². The van der Waals surface area contributed by atoms with E-state index in [1.807, 2.05) is 20.8 Å². The molecule has 1 heterocycles. The van der Waals surface area contributed by atoms with E-state index in [1.54, 1.807) is 6.07 Å². The summed E-state index contributed by atoms with van der Waals surface area (Å²) in [6, 6.07) is 3.43. The highest BCUT2D eigenvalue weighted by Crippen LogP contribution is 2.31. The molecule has 1 amide bonds. The molecular formula is C16H22ClFN2O3. The minimum atomic E-state index is -1.01. The van der Waals surface area contributed by atoms with Crippen LogP contribution in [-0.4, -0.2) is 41.4 Å². The summed E-state index contributed by atoms with van der Waals surface area (Å²) >= 11 is 5.67. The summed E-state index contributed by atoms with van der Waals surface area (Å²) in [4.78, 5) is 12.9. The lowest BCUT2D eigenvalue weighted by Crippen LogP contribution is -2.58. The molecule has 0 bridgehead atoms. The van der Waals surface area contributed by atoms with Crippen molar-refractivity contribution in [1.29, 1.82) is 0 Å². The van der Waals surface area contributed by atoms with Crippen LogP contribution < -0.4 is 5.73 Å². The molecule has 1 fully saturated rings. The zero-order chi connectivity index (χ0) is 17.4. The Morgan fingerprint density at radius 1 is 1.52 bits per heavy atom. The van der Waals surface area contributed by atoms with Gasteiger partial charge in [0.1, 0.15) is 5.82 Å². The topological polar surface area (TPSA) is 75.8 Å². The first-order valence-corrected chi connectivity index (χ1v) is 7.80. The number of benzene rings is 1. The Morgan fingerprint density at radius 2 is 2.17 bits per heavy atom. The lowest BCUT2D eigenvalue weighted by Gasteiger charge is -2.45. The average Bonchev–Trinajstić information content (AvgIpc) is 2.47. The number of halogens is 2. The molecule has 1 aromatic carbocycles. The van der Waals surface area contributed by atoms with Gasteiger partial charge in [0, 0.05) is 0 Å². The van der Waals surface area contributed by atoms with Crippen LogP contribution in [0.15, 0.2) is 18.2 Å². The largest absolute Gasteiger partial charge is 0.465 e. The molecule has 1 saturated heterocycles. The minimum absolute atomic E-state index is 0.0190. The molecule has 0 aliphatic carbocycles. The second-order valence-corrected chi connectivity index (χ2v) is 7.30. The first-order valence-electron chi connectivity index (χ1n) is 7.43. The minimum Gasteiger partial charge on any atom is -0.465 e. The quantitative estimate of drug-likeness (QED) is 0.863. The molecule has 2 rings (SSSR count). The van der Waals surface area contributed by atoms with Gasteiger partial charge < -0.3 is 15.6 Å². The summed E-state index contributed by atoms with van der Waals surface area (Å²) in [5.41, 5.74) is 6.43. The van der Waals surface area contributed by atoms with E-state index < -0.39 is 24.1 Å². The standard InChI is InChI=1S/C16H22ClFN2O3/c1-16(2,3)13-8-23-12(7-20(13)15(21)22)14(19)9-4-5-10(17)11(18)6-9/h4-6,12-14H,7-8,19H2,1-3H3,(H,21,22). The number of hydrogen-bond acceptors (Lipinski definition) is 3. The van der Waals surface area contributed by atoms with Gasteiger partial charge in [-0.15, -0.1) is 0 Å². The highest BCUT2D eigenvalue weighted by atomic mass is 35.5. The molecule has 1 aromatic rings. The van der Waals surface area contributed by atoms with E-state index in [0.29, 0.717) is 5.56 Å². The number of ether oxygens (including phenoxy) is 1.